The average molecular weight is 268 g/mol. The van der Waals surface area contributed by atoms with Gasteiger partial charge < -0.3 is 15.7 Å². The first-order valence-electron chi connectivity index (χ1n) is 5.07. The van der Waals surface area contributed by atoms with Crippen LogP contribution in [0.5, 0.6) is 0 Å². The maximum atomic E-state index is 11.9. The maximum Gasteiger partial charge on any atom is 0.280 e. The number of hydrogen-bond donors (Lipinski definition) is 3. The molecule has 0 saturated heterocycles. The van der Waals surface area contributed by atoms with Gasteiger partial charge in [0.05, 0.1) is 13.2 Å². The summed E-state index contributed by atoms with van der Waals surface area (Å²) < 4.78 is 31.9. The summed E-state index contributed by atoms with van der Waals surface area (Å²) in [4.78, 5) is 0. The predicted octanol–water partition coefficient (Wildman–Crippen LogP) is -1.08. The summed E-state index contributed by atoms with van der Waals surface area (Å²) in [5, 5.41) is 11.2. The first-order valence-corrected chi connectivity index (χ1v) is 6.51. The second-order valence-electron chi connectivity index (χ2n) is 3.62. The van der Waals surface area contributed by atoms with Crippen molar-refractivity contribution >= 4 is 16.0 Å². The monoisotopic (exact) mass is 268 g/mol. The zero-order valence-corrected chi connectivity index (χ0v) is 11.1. The Kier molecular flexibility index (Phi) is 7.04. The molecule has 0 aromatic carbocycles. The van der Waals surface area contributed by atoms with Gasteiger partial charge >= 0.3 is 0 Å². The number of nitrogens with zero attached hydrogens (tertiary/aromatic N) is 2. The van der Waals surface area contributed by atoms with Gasteiger partial charge in [-0.1, -0.05) is 5.16 Å². The molecule has 0 fully saturated rings. The van der Waals surface area contributed by atoms with Gasteiger partial charge in [0.25, 0.3) is 10.2 Å². The van der Waals surface area contributed by atoms with E-state index < -0.39 is 10.2 Å². The van der Waals surface area contributed by atoms with Gasteiger partial charge in [-0.2, -0.15) is 17.4 Å². The summed E-state index contributed by atoms with van der Waals surface area (Å²) in [7, 11) is -2.19. The lowest BCUT2D eigenvalue weighted by Gasteiger charge is -2.25. The Bertz CT molecular complexity index is 341. The number of hydrogen-bond acceptors (Lipinski definition) is 5. The molecule has 4 N–H and O–H groups in total. The third kappa shape index (κ3) is 5.82. The van der Waals surface area contributed by atoms with Crippen molar-refractivity contribution in [2.45, 2.75) is 19.9 Å². The van der Waals surface area contributed by atoms with Crippen LogP contribution in [0.3, 0.4) is 0 Å². The number of amidine groups is 1. The molecular formula is C8H20N4O4S. The van der Waals surface area contributed by atoms with Crippen molar-refractivity contribution in [2.24, 2.45) is 10.9 Å². The molecule has 0 unspecified atom stereocenters. The fourth-order valence-electron chi connectivity index (χ4n) is 1.09. The van der Waals surface area contributed by atoms with Gasteiger partial charge in [0.15, 0.2) is 5.84 Å². The quantitative estimate of drug-likeness (QED) is 0.170. The third-order valence-corrected chi connectivity index (χ3v) is 3.66. The first kappa shape index (κ1) is 16.1. The van der Waals surface area contributed by atoms with Gasteiger partial charge in [0, 0.05) is 19.7 Å². The Morgan fingerprint density at radius 2 is 2.18 bits per heavy atom. The van der Waals surface area contributed by atoms with Crippen molar-refractivity contribution in [1.82, 2.24) is 9.03 Å². The van der Waals surface area contributed by atoms with Crippen molar-refractivity contribution < 1.29 is 18.4 Å². The molecular weight excluding hydrogens is 248 g/mol. The highest BCUT2D eigenvalue weighted by molar-refractivity contribution is 7.87. The molecule has 0 aromatic rings. The van der Waals surface area contributed by atoms with Gasteiger partial charge in [-0.05, 0) is 13.8 Å². The maximum absolute atomic E-state index is 11.9. The van der Waals surface area contributed by atoms with Crippen LogP contribution in [-0.2, 0) is 14.9 Å². The van der Waals surface area contributed by atoms with Gasteiger partial charge in [-0.25, -0.2) is 0 Å². The van der Waals surface area contributed by atoms with Crippen LogP contribution in [0.1, 0.15) is 13.8 Å². The van der Waals surface area contributed by atoms with E-state index >= 15 is 0 Å². The number of methoxy groups -OCH3 is 1. The smallest absolute Gasteiger partial charge is 0.280 e. The van der Waals surface area contributed by atoms with E-state index in [4.69, 9.17) is 15.7 Å². The molecule has 0 aliphatic heterocycles. The van der Waals surface area contributed by atoms with Gasteiger partial charge in [0.2, 0.25) is 0 Å². The Morgan fingerprint density at radius 1 is 1.59 bits per heavy atom. The molecule has 0 bridgehead atoms. The molecule has 0 rings (SSSR count). The molecule has 0 amide bonds. The van der Waals surface area contributed by atoms with Crippen molar-refractivity contribution in [3.8, 4) is 0 Å². The molecule has 0 aliphatic rings. The summed E-state index contributed by atoms with van der Waals surface area (Å²) in [6, 6.07) is -0.310. The Hall–Kier alpha value is -0.900. The van der Waals surface area contributed by atoms with Gasteiger partial charge in [-0.3, -0.25) is 0 Å². The van der Waals surface area contributed by atoms with E-state index in [0.29, 0.717) is 0 Å². The van der Waals surface area contributed by atoms with E-state index in [1.54, 1.807) is 13.8 Å². The molecule has 0 atom stereocenters. The molecule has 0 saturated carbocycles. The van der Waals surface area contributed by atoms with E-state index in [-0.39, 0.29) is 31.6 Å². The average Bonchev–Trinajstić information content (AvgIpc) is 2.24. The molecule has 102 valence electrons. The standard InChI is InChI=1S/C8H20N4O4S/c1-7(2)12(6-8(9)11-13)17(14,15)10-4-5-16-3/h7,10,13H,4-6H2,1-3H3,(H2,9,11). The van der Waals surface area contributed by atoms with Crippen LogP contribution < -0.4 is 10.5 Å². The van der Waals surface area contributed by atoms with Gasteiger partial charge in [-0.15, -0.1) is 0 Å². The lowest BCUT2D eigenvalue weighted by molar-refractivity contribution is 0.203. The lowest BCUT2D eigenvalue weighted by atomic mass is 10.4. The highest BCUT2D eigenvalue weighted by Gasteiger charge is 2.25. The SMILES string of the molecule is COCCNS(=O)(=O)N(CC(N)=NO)C(C)C. The number of ether oxygens (including phenoxy) is 1. The van der Waals surface area contributed by atoms with Crippen molar-refractivity contribution in [2.75, 3.05) is 26.8 Å². The van der Waals surface area contributed by atoms with E-state index in [2.05, 4.69) is 9.88 Å². The summed E-state index contributed by atoms with van der Waals surface area (Å²) >= 11 is 0. The minimum atomic E-state index is -3.67. The van der Waals surface area contributed by atoms with Crippen molar-refractivity contribution in [1.29, 1.82) is 0 Å². The Labute approximate surface area is 102 Å². The normalized spacial score (nSPS) is 13.6. The van der Waals surface area contributed by atoms with Crippen LogP contribution in [-0.4, -0.2) is 56.6 Å². The fourth-order valence-corrected chi connectivity index (χ4v) is 2.46. The number of oxime groups is 1. The molecule has 8 nitrogen and oxygen atoms in total. The molecule has 0 spiro atoms. The lowest BCUT2D eigenvalue weighted by Crippen LogP contribution is -2.48. The largest absolute Gasteiger partial charge is 0.409 e. The second-order valence-corrected chi connectivity index (χ2v) is 5.33. The highest BCUT2D eigenvalue weighted by Crippen LogP contribution is 2.04. The summed E-state index contributed by atoms with van der Waals surface area (Å²) in [6.45, 7) is 3.66. The number of nitrogens with one attached hydrogen (secondary N) is 1. The van der Waals surface area contributed by atoms with Crippen molar-refractivity contribution in [3.05, 3.63) is 0 Å². The molecule has 0 aromatic heterocycles. The first-order chi connectivity index (χ1) is 7.85. The van der Waals surface area contributed by atoms with Crippen LogP contribution in [0, 0.1) is 0 Å². The third-order valence-electron chi connectivity index (χ3n) is 1.92. The summed E-state index contributed by atoms with van der Waals surface area (Å²) in [5.41, 5.74) is 5.30. The van der Waals surface area contributed by atoms with Crippen LogP contribution in [0.4, 0.5) is 0 Å². The molecule has 0 radical (unpaired) electrons. The van der Waals surface area contributed by atoms with Crippen LogP contribution in [0.25, 0.3) is 0 Å². The minimum absolute atomic E-state index is 0.165. The molecule has 0 aliphatic carbocycles. The number of nitrogens with two attached hydrogens (primary N) is 1. The second kappa shape index (κ2) is 7.43. The highest BCUT2D eigenvalue weighted by atomic mass is 32.2. The predicted molar refractivity (Wildman–Crippen MR) is 64.0 cm³/mol. The fraction of sp³-hybridized carbons (Fsp3) is 0.875. The topological polar surface area (TPSA) is 117 Å². The molecule has 9 heteroatoms. The van der Waals surface area contributed by atoms with E-state index in [1.807, 2.05) is 0 Å². The van der Waals surface area contributed by atoms with E-state index in [9.17, 15) is 8.42 Å². The summed E-state index contributed by atoms with van der Waals surface area (Å²) in [6.07, 6.45) is 0. The Balaban J connectivity index is 4.68. The molecule has 17 heavy (non-hydrogen) atoms. The van der Waals surface area contributed by atoms with E-state index in [0.717, 1.165) is 4.31 Å². The number of rotatable bonds is 8. The zero-order chi connectivity index (χ0) is 13.5. The van der Waals surface area contributed by atoms with Crippen LogP contribution >= 0.6 is 0 Å². The van der Waals surface area contributed by atoms with E-state index in [1.165, 1.54) is 7.11 Å². The van der Waals surface area contributed by atoms with Crippen LogP contribution in [0.15, 0.2) is 5.16 Å². The van der Waals surface area contributed by atoms with Crippen LogP contribution in [0.2, 0.25) is 0 Å². The van der Waals surface area contributed by atoms with Crippen molar-refractivity contribution in [3.63, 3.8) is 0 Å². The molecule has 0 heterocycles. The van der Waals surface area contributed by atoms with Gasteiger partial charge in [0.1, 0.15) is 0 Å². The zero-order valence-electron chi connectivity index (χ0n) is 10.3. The minimum Gasteiger partial charge on any atom is -0.409 e. The summed E-state index contributed by atoms with van der Waals surface area (Å²) in [5.74, 6) is -0.171. The Morgan fingerprint density at radius 3 is 2.59 bits per heavy atom.